The second-order valence-corrected chi connectivity index (χ2v) is 9.92. The molecule has 0 bridgehead atoms. The highest BCUT2D eigenvalue weighted by Crippen LogP contribution is 2.21. The summed E-state index contributed by atoms with van der Waals surface area (Å²) < 4.78 is 27.1. The summed E-state index contributed by atoms with van der Waals surface area (Å²) in [6, 6.07) is 24.7. The van der Waals surface area contributed by atoms with Crippen molar-refractivity contribution in [1.82, 2.24) is 9.21 Å². The minimum Gasteiger partial charge on any atom is -0.325 e. The average molecular weight is 450 g/mol. The lowest BCUT2D eigenvalue weighted by Gasteiger charge is -2.33. The fourth-order valence-corrected chi connectivity index (χ4v) is 5.19. The molecule has 0 radical (unpaired) electrons. The molecule has 3 aromatic rings. The Balaban J connectivity index is 1.29. The fourth-order valence-electron chi connectivity index (χ4n) is 3.77. The van der Waals surface area contributed by atoms with Crippen LogP contribution in [-0.2, 0) is 14.8 Å². The second-order valence-electron chi connectivity index (χ2n) is 7.98. The molecule has 32 heavy (non-hydrogen) atoms. The molecule has 166 valence electrons. The van der Waals surface area contributed by atoms with E-state index >= 15 is 0 Å². The van der Waals surface area contributed by atoms with Gasteiger partial charge in [0.25, 0.3) is 0 Å². The maximum atomic E-state index is 12.8. The summed E-state index contributed by atoms with van der Waals surface area (Å²) >= 11 is 0. The Labute approximate surface area is 189 Å². The smallest absolute Gasteiger partial charge is 0.243 e. The molecule has 1 heterocycles. The maximum absolute atomic E-state index is 12.8. The molecule has 1 fully saturated rings. The van der Waals surface area contributed by atoms with Gasteiger partial charge in [-0.25, -0.2) is 8.42 Å². The van der Waals surface area contributed by atoms with Gasteiger partial charge >= 0.3 is 0 Å². The number of nitrogens with one attached hydrogen (secondary N) is 1. The van der Waals surface area contributed by atoms with Gasteiger partial charge in [0, 0.05) is 31.9 Å². The number of hydrogen-bond donors (Lipinski definition) is 1. The Morgan fingerprint density at radius 2 is 1.41 bits per heavy atom. The first kappa shape index (κ1) is 22.2. The Bertz CT molecular complexity index is 1150. The van der Waals surface area contributed by atoms with Gasteiger partial charge in [-0.3, -0.25) is 9.69 Å². The second kappa shape index (κ2) is 9.65. The molecule has 0 aromatic heterocycles. The van der Waals surface area contributed by atoms with Crippen LogP contribution in [0.1, 0.15) is 5.56 Å². The topological polar surface area (TPSA) is 69.7 Å². The molecule has 4 rings (SSSR count). The summed E-state index contributed by atoms with van der Waals surface area (Å²) in [5.74, 6) is -0.104. The average Bonchev–Trinajstić information content (AvgIpc) is 2.81. The van der Waals surface area contributed by atoms with Crippen molar-refractivity contribution in [2.24, 2.45) is 0 Å². The van der Waals surface area contributed by atoms with Gasteiger partial charge in [0.1, 0.15) is 0 Å². The lowest BCUT2D eigenvalue weighted by atomic mass is 10.1. The van der Waals surface area contributed by atoms with Crippen LogP contribution in [0.3, 0.4) is 0 Å². The molecule has 1 aliphatic heterocycles. The number of benzene rings is 3. The first-order valence-corrected chi connectivity index (χ1v) is 12.1. The quantitative estimate of drug-likeness (QED) is 0.624. The fraction of sp³-hybridized carbons (Fsp3) is 0.240. The lowest BCUT2D eigenvalue weighted by Crippen LogP contribution is -2.50. The van der Waals surface area contributed by atoms with Crippen molar-refractivity contribution in [3.8, 4) is 11.1 Å². The van der Waals surface area contributed by atoms with Gasteiger partial charge < -0.3 is 5.32 Å². The normalized spacial score (nSPS) is 15.4. The van der Waals surface area contributed by atoms with Crippen LogP contribution in [0.15, 0.2) is 83.8 Å². The summed E-state index contributed by atoms with van der Waals surface area (Å²) in [5.41, 5.74) is 3.99. The van der Waals surface area contributed by atoms with Crippen LogP contribution in [0.4, 0.5) is 5.69 Å². The monoisotopic (exact) mass is 449 g/mol. The highest BCUT2D eigenvalue weighted by molar-refractivity contribution is 7.89. The van der Waals surface area contributed by atoms with Gasteiger partial charge in [-0.15, -0.1) is 0 Å². The third-order valence-corrected chi connectivity index (χ3v) is 7.55. The van der Waals surface area contributed by atoms with Gasteiger partial charge in [-0.2, -0.15) is 4.31 Å². The van der Waals surface area contributed by atoms with Crippen LogP contribution >= 0.6 is 0 Å². The number of amides is 1. The minimum absolute atomic E-state index is 0.104. The van der Waals surface area contributed by atoms with Crippen LogP contribution in [0.25, 0.3) is 11.1 Å². The molecular formula is C25H27N3O3S. The summed E-state index contributed by atoms with van der Waals surface area (Å²) in [4.78, 5) is 14.8. The maximum Gasteiger partial charge on any atom is 0.243 e. The Kier molecular flexibility index (Phi) is 6.69. The number of piperazine rings is 1. The third kappa shape index (κ3) is 5.24. The van der Waals surface area contributed by atoms with Crippen LogP contribution in [0.5, 0.6) is 0 Å². The zero-order valence-corrected chi connectivity index (χ0v) is 18.9. The first-order chi connectivity index (χ1) is 15.4. The molecule has 0 spiro atoms. The molecule has 0 atom stereocenters. The molecule has 1 amide bonds. The lowest BCUT2D eigenvalue weighted by molar-refractivity contribution is -0.117. The largest absolute Gasteiger partial charge is 0.325 e. The van der Waals surface area contributed by atoms with Crippen molar-refractivity contribution >= 4 is 21.6 Å². The molecule has 0 saturated carbocycles. The van der Waals surface area contributed by atoms with E-state index in [2.05, 4.69) is 5.32 Å². The minimum atomic E-state index is -3.50. The van der Waals surface area contributed by atoms with E-state index in [1.165, 1.54) is 4.31 Å². The van der Waals surface area contributed by atoms with E-state index in [4.69, 9.17) is 0 Å². The van der Waals surface area contributed by atoms with Gasteiger partial charge in [-0.05, 0) is 42.3 Å². The van der Waals surface area contributed by atoms with E-state index < -0.39 is 10.0 Å². The van der Waals surface area contributed by atoms with E-state index in [0.717, 1.165) is 22.4 Å². The molecule has 0 unspecified atom stereocenters. The van der Waals surface area contributed by atoms with E-state index in [1.807, 2.05) is 66.4 Å². The van der Waals surface area contributed by atoms with Crippen LogP contribution < -0.4 is 5.32 Å². The summed E-state index contributed by atoms with van der Waals surface area (Å²) in [6.45, 7) is 3.94. The van der Waals surface area contributed by atoms with Crippen molar-refractivity contribution in [2.75, 3.05) is 38.0 Å². The Morgan fingerprint density at radius 3 is 2.03 bits per heavy atom. The number of sulfonamides is 1. The zero-order chi connectivity index (χ0) is 22.6. The number of aryl methyl sites for hydroxylation is 1. The SMILES string of the molecule is Cc1ccc(S(=O)(=O)N2CCN(CC(=O)Nc3ccc(-c4ccccc4)cc3)CC2)cc1. The van der Waals surface area contributed by atoms with Crippen molar-refractivity contribution in [3.63, 3.8) is 0 Å². The predicted molar refractivity (Wildman–Crippen MR) is 127 cm³/mol. The standard InChI is InChI=1S/C25H27N3O3S/c1-20-7-13-24(14-8-20)32(30,31)28-17-15-27(16-18-28)19-25(29)26-23-11-9-22(10-12-23)21-5-3-2-4-6-21/h2-14H,15-19H2,1H3,(H,26,29). The van der Waals surface area contributed by atoms with Crippen molar-refractivity contribution in [3.05, 3.63) is 84.4 Å². The highest BCUT2D eigenvalue weighted by Gasteiger charge is 2.29. The van der Waals surface area contributed by atoms with E-state index in [9.17, 15) is 13.2 Å². The molecule has 1 N–H and O–H groups in total. The summed E-state index contributed by atoms with van der Waals surface area (Å²) in [6.07, 6.45) is 0. The van der Waals surface area contributed by atoms with E-state index in [-0.39, 0.29) is 12.5 Å². The Hall–Kier alpha value is -3.00. The Morgan fingerprint density at radius 1 is 0.812 bits per heavy atom. The van der Waals surface area contributed by atoms with Gasteiger partial charge in [0.15, 0.2) is 0 Å². The number of carbonyl (C=O) groups excluding carboxylic acids is 1. The summed E-state index contributed by atoms with van der Waals surface area (Å²) in [5, 5.41) is 2.93. The van der Waals surface area contributed by atoms with E-state index in [0.29, 0.717) is 31.1 Å². The molecular weight excluding hydrogens is 422 g/mol. The number of anilines is 1. The van der Waals surface area contributed by atoms with Crippen molar-refractivity contribution in [1.29, 1.82) is 0 Å². The van der Waals surface area contributed by atoms with Crippen LogP contribution in [-0.4, -0.2) is 56.3 Å². The molecule has 7 heteroatoms. The van der Waals surface area contributed by atoms with Gasteiger partial charge in [0.2, 0.25) is 15.9 Å². The van der Waals surface area contributed by atoms with Crippen LogP contribution in [0, 0.1) is 6.92 Å². The molecule has 6 nitrogen and oxygen atoms in total. The molecule has 0 aliphatic carbocycles. The van der Waals surface area contributed by atoms with Crippen molar-refractivity contribution < 1.29 is 13.2 Å². The number of carbonyl (C=O) groups is 1. The number of hydrogen-bond acceptors (Lipinski definition) is 4. The zero-order valence-electron chi connectivity index (χ0n) is 18.1. The number of rotatable bonds is 6. The predicted octanol–water partition coefficient (Wildman–Crippen LogP) is 3.61. The first-order valence-electron chi connectivity index (χ1n) is 10.7. The van der Waals surface area contributed by atoms with Gasteiger partial charge in [0.05, 0.1) is 11.4 Å². The molecule has 3 aromatic carbocycles. The highest BCUT2D eigenvalue weighted by atomic mass is 32.2. The molecule has 1 aliphatic rings. The van der Waals surface area contributed by atoms with Gasteiger partial charge in [-0.1, -0.05) is 60.2 Å². The summed E-state index contributed by atoms with van der Waals surface area (Å²) in [7, 11) is -3.50. The van der Waals surface area contributed by atoms with E-state index in [1.54, 1.807) is 24.3 Å². The number of nitrogens with zero attached hydrogens (tertiary/aromatic N) is 2. The molecule has 1 saturated heterocycles. The van der Waals surface area contributed by atoms with Crippen molar-refractivity contribution in [2.45, 2.75) is 11.8 Å². The third-order valence-electron chi connectivity index (χ3n) is 5.63. The van der Waals surface area contributed by atoms with Crippen LogP contribution in [0.2, 0.25) is 0 Å².